The summed E-state index contributed by atoms with van der Waals surface area (Å²) in [7, 11) is 1.97. The highest BCUT2D eigenvalue weighted by Crippen LogP contribution is 2.14. The van der Waals surface area contributed by atoms with Crippen molar-refractivity contribution < 1.29 is 9.90 Å². The minimum atomic E-state index is 0.0142. The third-order valence-corrected chi connectivity index (χ3v) is 2.48. The van der Waals surface area contributed by atoms with Crippen LogP contribution in [0.25, 0.3) is 0 Å². The molecule has 0 aromatic rings. The summed E-state index contributed by atoms with van der Waals surface area (Å²) in [6.45, 7) is 1.38. The zero-order valence-corrected chi connectivity index (χ0v) is 8.12. The Hall–Kier alpha value is -0.610. The van der Waals surface area contributed by atoms with Gasteiger partial charge in [-0.15, -0.1) is 0 Å². The number of rotatable bonds is 3. The Morgan fingerprint density at radius 1 is 1.62 bits per heavy atom. The van der Waals surface area contributed by atoms with Gasteiger partial charge < -0.3 is 10.4 Å². The van der Waals surface area contributed by atoms with Crippen LogP contribution in [0.4, 0.5) is 0 Å². The number of aliphatic hydroxyl groups is 1. The Balaban J connectivity index is 2.35. The second-order valence-electron chi connectivity index (χ2n) is 3.51. The fourth-order valence-corrected chi connectivity index (χ4v) is 1.70. The molecule has 1 amide bonds. The monoisotopic (exact) mass is 186 g/mol. The van der Waals surface area contributed by atoms with Crippen molar-refractivity contribution in [1.82, 2.24) is 10.2 Å². The first-order valence-corrected chi connectivity index (χ1v) is 4.84. The Bertz CT molecular complexity index is 173. The maximum atomic E-state index is 11.5. The van der Waals surface area contributed by atoms with Crippen LogP contribution in [0.2, 0.25) is 0 Å². The van der Waals surface area contributed by atoms with E-state index in [2.05, 4.69) is 10.2 Å². The average Bonchev–Trinajstić information content (AvgIpc) is 2.15. The number of carbonyl (C=O) groups is 1. The summed E-state index contributed by atoms with van der Waals surface area (Å²) >= 11 is 0. The maximum absolute atomic E-state index is 11.5. The van der Waals surface area contributed by atoms with E-state index in [1.807, 2.05) is 7.05 Å². The van der Waals surface area contributed by atoms with E-state index in [1.54, 1.807) is 0 Å². The predicted octanol–water partition coefficient (Wildman–Crippen LogP) is -0.421. The van der Waals surface area contributed by atoms with Crippen molar-refractivity contribution in [2.45, 2.75) is 25.3 Å². The van der Waals surface area contributed by atoms with Crippen LogP contribution in [-0.4, -0.2) is 48.7 Å². The minimum Gasteiger partial charge on any atom is -0.395 e. The van der Waals surface area contributed by atoms with Crippen molar-refractivity contribution in [2.24, 2.45) is 0 Å². The Morgan fingerprint density at radius 3 is 3.00 bits per heavy atom. The molecule has 1 saturated heterocycles. The van der Waals surface area contributed by atoms with Crippen LogP contribution in [0.5, 0.6) is 0 Å². The first kappa shape index (κ1) is 10.5. The average molecular weight is 186 g/mol. The minimum absolute atomic E-state index is 0.0142. The van der Waals surface area contributed by atoms with Crippen LogP contribution in [-0.2, 0) is 4.79 Å². The van der Waals surface area contributed by atoms with Gasteiger partial charge in [-0.25, -0.2) is 0 Å². The molecule has 4 nitrogen and oxygen atoms in total. The molecule has 76 valence electrons. The number of hydrogen-bond acceptors (Lipinski definition) is 3. The van der Waals surface area contributed by atoms with Crippen LogP contribution in [0, 0.1) is 0 Å². The van der Waals surface area contributed by atoms with E-state index in [0.29, 0.717) is 6.54 Å². The zero-order chi connectivity index (χ0) is 9.68. The number of hydrogen-bond donors (Lipinski definition) is 2. The van der Waals surface area contributed by atoms with E-state index < -0.39 is 0 Å². The lowest BCUT2D eigenvalue weighted by Gasteiger charge is -2.31. The number of likely N-dealkylation sites (N-methyl/N-ethyl adjacent to an activating group) is 1. The topological polar surface area (TPSA) is 52.6 Å². The van der Waals surface area contributed by atoms with Gasteiger partial charge in [-0.3, -0.25) is 9.69 Å². The van der Waals surface area contributed by atoms with Gasteiger partial charge in [-0.2, -0.15) is 0 Å². The molecule has 2 N–H and O–H groups in total. The SMILES string of the molecule is CN1CCCCC1C(=O)NCCO. The molecule has 1 atom stereocenters. The first-order chi connectivity index (χ1) is 6.25. The van der Waals surface area contributed by atoms with Crippen LogP contribution >= 0.6 is 0 Å². The van der Waals surface area contributed by atoms with Crippen LogP contribution in [0.1, 0.15) is 19.3 Å². The molecule has 1 rings (SSSR count). The number of likely N-dealkylation sites (tertiary alicyclic amines) is 1. The molecule has 1 unspecified atom stereocenters. The van der Waals surface area contributed by atoms with Crippen LogP contribution in [0.15, 0.2) is 0 Å². The third-order valence-electron chi connectivity index (χ3n) is 2.48. The second kappa shape index (κ2) is 5.19. The van der Waals surface area contributed by atoms with E-state index in [9.17, 15) is 4.79 Å². The summed E-state index contributed by atoms with van der Waals surface area (Å²) in [6, 6.07) is 0.0142. The van der Waals surface area contributed by atoms with Crippen molar-refractivity contribution in [1.29, 1.82) is 0 Å². The number of aliphatic hydroxyl groups excluding tert-OH is 1. The van der Waals surface area contributed by atoms with Gasteiger partial charge in [0, 0.05) is 6.54 Å². The zero-order valence-electron chi connectivity index (χ0n) is 8.12. The van der Waals surface area contributed by atoms with Gasteiger partial charge in [0.25, 0.3) is 0 Å². The number of piperidine rings is 1. The molecule has 0 saturated carbocycles. The van der Waals surface area contributed by atoms with Crippen LogP contribution < -0.4 is 5.32 Å². The molecule has 0 radical (unpaired) electrons. The maximum Gasteiger partial charge on any atom is 0.237 e. The molecule has 13 heavy (non-hydrogen) atoms. The van der Waals surface area contributed by atoms with Gasteiger partial charge in [-0.1, -0.05) is 6.42 Å². The van der Waals surface area contributed by atoms with E-state index >= 15 is 0 Å². The van der Waals surface area contributed by atoms with Crippen molar-refractivity contribution in [2.75, 3.05) is 26.7 Å². The summed E-state index contributed by atoms with van der Waals surface area (Å²) in [5.74, 6) is 0.0521. The summed E-state index contributed by atoms with van der Waals surface area (Å²) in [4.78, 5) is 13.6. The fraction of sp³-hybridized carbons (Fsp3) is 0.889. The molecule has 0 spiro atoms. The van der Waals surface area contributed by atoms with Gasteiger partial charge in [-0.05, 0) is 26.4 Å². The number of carbonyl (C=O) groups excluding carboxylic acids is 1. The number of nitrogens with one attached hydrogen (secondary N) is 1. The summed E-state index contributed by atoms with van der Waals surface area (Å²) in [5, 5.41) is 11.3. The van der Waals surface area contributed by atoms with Gasteiger partial charge in [0.1, 0.15) is 0 Å². The molecule has 1 aliphatic rings. The predicted molar refractivity (Wildman–Crippen MR) is 50.4 cm³/mol. The standard InChI is InChI=1S/C9H18N2O2/c1-11-6-3-2-4-8(11)9(13)10-5-7-12/h8,12H,2-7H2,1H3,(H,10,13). The largest absolute Gasteiger partial charge is 0.395 e. The molecule has 4 heteroatoms. The highest BCUT2D eigenvalue weighted by molar-refractivity contribution is 5.81. The Morgan fingerprint density at radius 2 is 2.38 bits per heavy atom. The van der Waals surface area contributed by atoms with Gasteiger partial charge in [0.2, 0.25) is 5.91 Å². The fourth-order valence-electron chi connectivity index (χ4n) is 1.70. The summed E-state index contributed by atoms with van der Waals surface area (Å²) < 4.78 is 0. The molecular formula is C9H18N2O2. The van der Waals surface area contributed by atoms with E-state index in [4.69, 9.17) is 5.11 Å². The van der Waals surface area contributed by atoms with Crippen molar-refractivity contribution in [3.8, 4) is 0 Å². The normalized spacial score (nSPS) is 24.3. The molecule has 0 aromatic carbocycles. The van der Waals surface area contributed by atoms with E-state index in [1.165, 1.54) is 6.42 Å². The van der Waals surface area contributed by atoms with Gasteiger partial charge in [0.15, 0.2) is 0 Å². The molecule has 0 aromatic heterocycles. The Labute approximate surface area is 78.9 Å². The smallest absolute Gasteiger partial charge is 0.237 e. The van der Waals surface area contributed by atoms with Gasteiger partial charge in [0.05, 0.1) is 12.6 Å². The number of amides is 1. The lowest BCUT2D eigenvalue weighted by Crippen LogP contribution is -2.48. The van der Waals surface area contributed by atoms with E-state index in [-0.39, 0.29) is 18.6 Å². The highest BCUT2D eigenvalue weighted by Gasteiger charge is 2.24. The lowest BCUT2D eigenvalue weighted by molar-refractivity contribution is -0.127. The summed E-state index contributed by atoms with van der Waals surface area (Å²) in [6.07, 6.45) is 3.25. The van der Waals surface area contributed by atoms with Crippen molar-refractivity contribution in [3.05, 3.63) is 0 Å². The van der Waals surface area contributed by atoms with Crippen LogP contribution in [0.3, 0.4) is 0 Å². The highest BCUT2D eigenvalue weighted by atomic mass is 16.3. The Kier molecular flexibility index (Phi) is 4.18. The molecule has 0 bridgehead atoms. The third kappa shape index (κ3) is 2.97. The quantitative estimate of drug-likeness (QED) is 0.629. The number of nitrogens with zero attached hydrogens (tertiary/aromatic N) is 1. The lowest BCUT2D eigenvalue weighted by atomic mass is 10.0. The van der Waals surface area contributed by atoms with Gasteiger partial charge >= 0.3 is 0 Å². The van der Waals surface area contributed by atoms with E-state index in [0.717, 1.165) is 19.4 Å². The molecular weight excluding hydrogens is 168 g/mol. The molecule has 0 aliphatic carbocycles. The second-order valence-corrected chi connectivity index (χ2v) is 3.51. The molecule has 1 fully saturated rings. The molecule has 1 aliphatic heterocycles. The van der Waals surface area contributed by atoms with Crippen molar-refractivity contribution >= 4 is 5.91 Å². The molecule has 1 heterocycles. The first-order valence-electron chi connectivity index (χ1n) is 4.84. The summed E-state index contributed by atoms with van der Waals surface area (Å²) in [5.41, 5.74) is 0. The van der Waals surface area contributed by atoms with Crippen molar-refractivity contribution in [3.63, 3.8) is 0 Å².